The Morgan fingerprint density at radius 3 is 2.68 bits per heavy atom. The highest BCUT2D eigenvalue weighted by atomic mass is 32.2. The summed E-state index contributed by atoms with van der Waals surface area (Å²) in [6.07, 6.45) is 3.83. The fourth-order valence-corrected chi connectivity index (χ4v) is 4.65. The summed E-state index contributed by atoms with van der Waals surface area (Å²) >= 11 is 0. The fourth-order valence-electron chi connectivity index (χ4n) is 3.66. The van der Waals surface area contributed by atoms with Crippen LogP contribution in [0, 0.1) is 11.8 Å². The van der Waals surface area contributed by atoms with Gasteiger partial charge in [-0.15, -0.1) is 0 Å². The maximum Gasteiger partial charge on any atom is 0.276 e. The van der Waals surface area contributed by atoms with Gasteiger partial charge in [-0.05, 0) is 37.5 Å². The van der Waals surface area contributed by atoms with Crippen LogP contribution in [0.15, 0.2) is 15.7 Å². The second kappa shape index (κ2) is 5.04. The quantitative estimate of drug-likeness (QED) is 0.879. The van der Waals surface area contributed by atoms with Gasteiger partial charge < -0.3 is 9.63 Å². The van der Waals surface area contributed by atoms with E-state index in [-0.39, 0.29) is 23.0 Å². The average Bonchev–Trinajstić information content (AvgIpc) is 3.10. The van der Waals surface area contributed by atoms with Crippen molar-refractivity contribution < 1.29 is 18.0 Å². The lowest BCUT2D eigenvalue weighted by atomic mass is 9.84. The second-order valence-corrected chi connectivity index (χ2v) is 9.49. The molecule has 0 aliphatic heterocycles. The molecule has 1 aromatic rings. The molecule has 0 saturated heterocycles. The largest absolute Gasteiger partial charge is 0.388 e. The Morgan fingerprint density at radius 2 is 2.18 bits per heavy atom. The van der Waals surface area contributed by atoms with E-state index in [1.807, 2.05) is 20.8 Å². The van der Waals surface area contributed by atoms with Crippen LogP contribution in [0.2, 0.25) is 0 Å². The minimum Gasteiger partial charge on any atom is -0.388 e. The van der Waals surface area contributed by atoms with Crippen molar-refractivity contribution in [3.05, 3.63) is 11.8 Å². The second-order valence-electron chi connectivity index (χ2n) is 7.79. The summed E-state index contributed by atoms with van der Waals surface area (Å²) in [4.78, 5) is 0. The SMILES string of the molecule is CC(C)(C)c1cc(S(=O)(=O)NC[C@@]2(O)C[C@H]3CC[C@@H]2C3)on1. The van der Waals surface area contributed by atoms with Crippen molar-refractivity contribution in [2.45, 2.75) is 62.6 Å². The number of hydrogen-bond donors (Lipinski definition) is 2. The van der Waals surface area contributed by atoms with Crippen LogP contribution in [0.3, 0.4) is 0 Å². The number of rotatable bonds is 4. The Kier molecular flexibility index (Phi) is 3.66. The lowest BCUT2D eigenvalue weighted by Gasteiger charge is -2.32. The Balaban J connectivity index is 1.70. The van der Waals surface area contributed by atoms with Gasteiger partial charge in [-0.1, -0.05) is 25.9 Å². The number of sulfonamides is 1. The first-order valence-corrected chi connectivity index (χ1v) is 9.28. The van der Waals surface area contributed by atoms with Gasteiger partial charge in [0.15, 0.2) is 0 Å². The molecule has 2 N–H and O–H groups in total. The Morgan fingerprint density at radius 1 is 1.45 bits per heavy atom. The van der Waals surface area contributed by atoms with Crippen LogP contribution in [0.5, 0.6) is 0 Å². The number of aromatic nitrogens is 1. The number of nitrogens with one attached hydrogen (secondary N) is 1. The van der Waals surface area contributed by atoms with E-state index < -0.39 is 15.6 Å². The Hall–Kier alpha value is -0.920. The molecule has 2 fully saturated rings. The molecule has 2 saturated carbocycles. The highest BCUT2D eigenvalue weighted by molar-refractivity contribution is 7.89. The summed E-state index contributed by atoms with van der Waals surface area (Å²) in [7, 11) is -3.78. The molecule has 0 unspecified atom stereocenters. The van der Waals surface area contributed by atoms with Crippen molar-refractivity contribution in [3.63, 3.8) is 0 Å². The van der Waals surface area contributed by atoms with Crippen LogP contribution in [0.1, 0.15) is 52.1 Å². The number of fused-ring (bicyclic) bond motifs is 2. The lowest BCUT2D eigenvalue weighted by molar-refractivity contribution is -0.00746. The zero-order valence-electron chi connectivity index (χ0n) is 13.3. The van der Waals surface area contributed by atoms with Crippen molar-refractivity contribution >= 4 is 10.0 Å². The monoisotopic (exact) mass is 328 g/mol. The van der Waals surface area contributed by atoms with E-state index in [1.54, 1.807) is 0 Å². The standard InChI is InChI=1S/C15H24N2O4S/c1-14(2,3)12-7-13(21-17-12)22(19,20)16-9-15(18)8-10-4-5-11(15)6-10/h7,10-11,16,18H,4-6,8-9H2,1-3H3/t10-,11+,15-/m0/s1. The Labute approximate surface area is 131 Å². The molecule has 0 aromatic carbocycles. The third-order valence-corrected chi connectivity index (χ3v) is 6.28. The number of hydrogen-bond acceptors (Lipinski definition) is 5. The van der Waals surface area contributed by atoms with E-state index in [1.165, 1.54) is 6.07 Å². The third-order valence-electron chi connectivity index (χ3n) is 5.03. The first-order chi connectivity index (χ1) is 10.1. The third kappa shape index (κ3) is 2.81. The maximum absolute atomic E-state index is 12.3. The number of aliphatic hydroxyl groups is 1. The predicted octanol–water partition coefficient (Wildman–Crippen LogP) is 1.80. The molecule has 3 atom stereocenters. The van der Waals surface area contributed by atoms with Crippen molar-refractivity contribution in [1.29, 1.82) is 0 Å². The molecule has 0 amide bonds. The van der Waals surface area contributed by atoms with E-state index in [2.05, 4.69) is 9.88 Å². The molecule has 7 heteroatoms. The minimum absolute atomic E-state index is 0.0437. The molecule has 22 heavy (non-hydrogen) atoms. The van der Waals surface area contributed by atoms with Gasteiger partial charge in [0.05, 0.1) is 11.3 Å². The van der Waals surface area contributed by atoms with Crippen molar-refractivity contribution in [2.75, 3.05) is 6.54 Å². The van der Waals surface area contributed by atoms with E-state index in [9.17, 15) is 13.5 Å². The summed E-state index contributed by atoms with van der Waals surface area (Å²) in [6, 6.07) is 1.45. The summed E-state index contributed by atoms with van der Waals surface area (Å²) in [5, 5.41) is 14.3. The van der Waals surface area contributed by atoms with Crippen molar-refractivity contribution in [2.24, 2.45) is 11.8 Å². The van der Waals surface area contributed by atoms with Crippen molar-refractivity contribution in [3.8, 4) is 0 Å². The van der Waals surface area contributed by atoms with Crippen LogP contribution in [0.25, 0.3) is 0 Å². The smallest absolute Gasteiger partial charge is 0.276 e. The average molecular weight is 328 g/mol. The molecule has 2 aliphatic rings. The van der Waals surface area contributed by atoms with Crippen LogP contribution in [-0.4, -0.2) is 30.8 Å². The molecule has 6 nitrogen and oxygen atoms in total. The van der Waals surface area contributed by atoms with E-state index in [0.29, 0.717) is 18.0 Å². The van der Waals surface area contributed by atoms with Crippen LogP contribution in [0.4, 0.5) is 0 Å². The minimum atomic E-state index is -3.78. The van der Waals surface area contributed by atoms with Gasteiger partial charge >= 0.3 is 0 Å². The molecular formula is C15H24N2O4S. The van der Waals surface area contributed by atoms with E-state index >= 15 is 0 Å². The summed E-state index contributed by atoms with van der Waals surface area (Å²) in [5.74, 6) is 0.748. The molecule has 2 bridgehead atoms. The molecule has 1 heterocycles. The van der Waals surface area contributed by atoms with Crippen LogP contribution >= 0.6 is 0 Å². The van der Waals surface area contributed by atoms with Crippen molar-refractivity contribution in [1.82, 2.24) is 9.88 Å². The van der Waals surface area contributed by atoms with Gasteiger partial charge in [-0.2, -0.15) is 0 Å². The first kappa shape index (κ1) is 16.0. The lowest BCUT2D eigenvalue weighted by Crippen LogP contribution is -2.46. The zero-order valence-corrected chi connectivity index (χ0v) is 14.1. The molecule has 1 aromatic heterocycles. The maximum atomic E-state index is 12.3. The van der Waals surface area contributed by atoms with Gasteiger partial charge in [0.2, 0.25) is 0 Å². The molecular weight excluding hydrogens is 304 g/mol. The summed E-state index contributed by atoms with van der Waals surface area (Å²) in [5.41, 5.74) is -0.602. The van der Waals surface area contributed by atoms with Gasteiger partial charge in [0.1, 0.15) is 0 Å². The van der Waals surface area contributed by atoms with Gasteiger partial charge in [0, 0.05) is 18.0 Å². The molecule has 0 radical (unpaired) electrons. The normalized spacial score (nSPS) is 31.8. The predicted molar refractivity (Wildman–Crippen MR) is 80.8 cm³/mol. The highest BCUT2D eigenvalue weighted by Crippen LogP contribution is 2.50. The first-order valence-electron chi connectivity index (χ1n) is 7.79. The fraction of sp³-hybridized carbons (Fsp3) is 0.800. The molecule has 124 valence electrons. The number of nitrogens with zero attached hydrogens (tertiary/aromatic N) is 1. The summed E-state index contributed by atoms with van der Waals surface area (Å²) < 4.78 is 32.1. The molecule has 0 spiro atoms. The highest BCUT2D eigenvalue weighted by Gasteiger charge is 2.50. The van der Waals surface area contributed by atoms with Crippen LogP contribution in [-0.2, 0) is 15.4 Å². The topological polar surface area (TPSA) is 92.4 Å². The molecule has 3 rings (SSSR count). The Bertz CT molecular complexity index is 661. The summed E-state index contributed by atoms with van der Waals surface area (Å²) in [6.45, 7) is 5.86. The van der Waals surface area contributed by atoms with E-state index in [4.69, 9.17) is 4.52 Å². The van der Waals surface area contributed by atoms with Gasteiger partial charge in [-0.25, -0.2) is 13.1 Å². The zero-order chi connectivity index (χ0) is 16.2. The van der Waals surface area contributed by atoms with Crippen LogP contribution < -0.4 is 4.72 Å². The van der Waals surface area contributed by atoms with Gasteiger partial charge in [-0.3, -0.25) is 0 Å². The molecule has 2 aliphatic carbocycles. The van der Waals surface area contributed by atoms with E-state index in [0.717, 1.165) is 19.3 Å². The van der Waals surface area contributed by atoms with Gasteiger partial charge in [0.25, 0.3) is 15.1 Å².